The maximum atomic E-state index is 13.0. The highest BCUT2D eigenvalue weighted by atomic mass is 19.2. The molecule has 4 nitrogen and oxygen atoms in total. The van der Waals surface area contributed by atoms with Crippen LogP contribution in [0.15, 0.2) is 48.5 Å². The van der Waals surface area contributed by atoms with E-state index in [1.807, 2.05) is 0 Å². The number of amides is 1. The van der Waals surface area contributed by atoms with Gasteiger partial charge in [-0.05, 0) is 35.9 Å². The van der Waals surface area contributed by atoms with Crippen molar-refractivity contribution in [2.45, 2.75) is 0 Å². The predicted octanol–water partition coefficient (Wildman–Crippen LogP) is 3.30. The first-order chi connectivity index (χ1) is 11.4. The van der Waals surface area contributed by atoms with Gasteiger partial charge in [0.15, 0.2) is 18.2 Å². The van der Waals surface area contributed by atoms with E-state index < -0.39 is 35.9 Å². The average molecular weight is 335 g/mol. The highest BCUT2D eigenvalue weighted by molar-refractivity contribution is 5.94. The zero-order valence-electron chi connectivity index (χ0n) is 12.3. The van der Waals surface area contributed by atoms with Crippen LogP contribution in [0, 0.1) is 17.5 Å². The second-order valence-electron chi connectivity index (χ2n) is 4.67. The van der Waals surface area contributed by atoms with E-state index in [1.165, 1.54) is 30.3 Å². The number of rotatable bonds is 5. The molecule has 0 aromatic heterocycles. The van der Waals surface area contributed by atoms with Gasteiger partial charge < -0.3 is 10.1 Å². The molecule has 0 atom stereocenters. The molecule has 0 fully saturated rings. The number of hydrogen-bond acceptors (Lipinski definition) is 3. The highest BCUT2D eigenvalue weighted by Gasteiger charge is 2.08. The topological polar surface area (TPSA) is 55.4 Å². The van der Waals surface area contributed by atoms with Crippen molar-refractivity contribution in [3.8, 4) is 0 Å². The Bertz CT molecular complexity index is 790. The summed E-state index contributed by atoms with van der Waals surface area (Å²) >= 11 is 0. The lowest BCUT2D eigenvalue weighted by Gasteiger charge is -2.05. The van der Waals surface area contributed by atoms with Crippen LogP contribution in [-0.4, -0.2) is 18.5 Å². The molecule has 0 aliphatic carbocycles. The molecule has 0 radical (unpaired) electrons. The maximum Gasteiger partial charge on any atom is 0.331 e. The smallest absolute Gasteiger partial charge is 0.331 e. The lowest BCUT2D eigenvalue weighted by molar-refractivity contribution is -0.142. The summed E-state index contributed by atoms with van der Waals surface area (Å²) in [5.41, 5.74) is 0.489. The van der Waals surface area contributed by atoms with Gasteiger partial charge >= 0.3 is 5.97 Å². The molecule has 24 heavy (non-hydrogen) atoms. The first kappa shape index (κ1) is 17.3. The quantitative estimate of drug-likeness (QED) is 0.674. The zero-order valence-corrected chi connectivity index (χ0v) is 12.3. The predicted molar refractivity (Wildman–Crippen MR) is 81.4 cm³/mol. The Hall–Kier alpha value is -3.09. The van der Waals surface area contributed by atoms with Gasteiger partial charge in [0.1, 0.15) is 5.82 Å². The lowest BCUT2D eigenvalue weighted by Crippen LogP contribution is -2.20. The molecule has 0 aliphatic heterocycles. The summed E-state index contributed by atoms with van der Waals surface area (Å²) in [7, 11) is 0. The molecule has 0 heterocycles. The fourth-order valence-electron chi connectivity index (χ4n) is 1.73. The molecule has 124 valence electrons. The van der Waals surface area contributed by atoms with E-state index in [4.69, 9.17) is 0 Å². The molecule has 0 bridgehead atoms. The number of esters is 1. The Labute approximate surface area is 135 Å². The third-order valence-electron chi connectivity index (χ3n) is 2.81. The van der Waals surface area contributed by atoms with Crippen LogP contribution in [0.2, 0.25) is 0 Å². The van der Waals surface area contributed by atoms with Gasteiger partial charge in [0.2, 0.25) is 0 Å². The Balaban J connectivity index is 1.82. The van der Waals surface area contributed by atoms with Gasteiger partial charge in [0.05, 0.1) is 0 Å². The monoisotopic (exact) mass is 335 g/mol. The summed E-state index contributed by atoms with van der Waals surface area (Å²) < 4.78 is 43.4. The molecular formula is C17H12F3NO3. The zero-order chi connectivity index (χ0) is 17.5. The molecule has 2 aromatic rings. The molecule has 7 heteroatoms. The van der Waals surface area contributed by atoms with Crippen LogP contribution >= 0.6 is 0 Å². The van der Waals surface area contributed by atoms with Crippen molar-refractivity contribution in [1.29, 1.82) is 0 Å². The van der Waals surface area contributed by atoms with E-state index in [0.717, 1.165) is 18.2 Å². The Morgan fingerprint density at radius 1 is 1.04 bits per heavy atom. The van der Waals surface area contributed by atoms with Crippen LogP contribution in [0.4, 0.5) is 18.9 Å². The van der Waals surface area contributed by atoms with E-state index in [2.05, 4.69) is 10.1 Å². The van der Waals surface area contributed by atoms with Crippen LogP contribution in [-0.2, 0) is 14.3 Å². The van der Waals surface area contributed by atoms with Gasteiger partial charge in [0.25, 0.3) is 5.91 Å². The SMILES string of the molecule is O=C(COC(=O)/C=C/c1cccc(F)c1)Nc1ccc(F)c(F)c1. The number of benzene rings is 2. The van der Waals surface area contributed by atoms with E-state index >= 15 is 0 Å². The third kappa shape index (κ3) is 5.28. The fraction of sp³-hybridized carbons (Fsp3) is 0.0588. The second kappa shape index (κ2) is 7.96. The number of ether oxygens (including phenoxy) is 1. The first-order valence-electron chi connectivity index (χ1n) is 6.79. The molecule has 1 amide bonds. The van der Waals surface area contributed by atoms with E-state index in [-0.39, 0.29) is 5.69 Å². The number of carbonyl (C=O) groups excluding carboxylic acids is 2. The summed E-state index contributed by atoms with van der Waals surface area (Å²) in [6.45, 7) is -0.606. The van der Waals surface area contributed by atoms with Crippen LogP contribution < -0.4 is 5.32 Å². The van der Waals surface area contributed by atoms with E-state index in [9.17, 15) is 22.8 Å². The molecule has 0 saturated carbocycles. The van der Waals surface area contributed by atoms with Crippen LogP contribution in [0.1, 0.15) is 5.56 Å². The summed E-state index contributed by atoms with van der Waals surface area (Å²) in [5, 5.41) is 2.25. The third-order valence-corrected chi connectivity index (χ3v) is 2.81. The molecule has 0 aliphatic rings. The normalized spacial score (nSPS) is 10.6. The minimum Gasteiger partial charge on any atom is -0.452 e. The fourth-order valence-corrected chi connectivity index (χ4v) is 1.73. The summed E-state index contributed by atoms with van der Waals surface area (Å²) in [6.07, 6.45) is 2.37. The van der Waals surface area contributed by atoms with Crippen LogP contribution in [0.25, 0.3) is 6.08 Å². The number of hydrogen-bond donors (Lipinski definition) is 1. The highest BCUT2D eigenvalue weighted by Crippen LogP contribution is 2.13. The number of carbonyl (C=O) groups is 2. The molecule has 2 rings (SSSR count). The van der Waals surface area contributed by atoms with Crippen molar-refractivity contribution >= 4 is 23.6 Å². The molecule has 0 spiro atoms. The van der Waals surface area contributed by atoms with Gasteiger partial charge in [-0.3, -0.25) is 4.79 Å². The molecular weight excluding hydrogens is 323 g/mol. The summed E-state index contributed by atoms with van der Waals surface area (Å²) in [5.74, 6) is -4.12. The number of anilines is 1. The minimum absolute atomic E-state index is 0.0326. The van der Waals surface area contributed by atoms with E-state index in [1.54, 1.807) is 6.07 Å². The molecule has 2 aromatic carbocycles. The average Bonchev–Trinajstić information content (AvgIpc) is 2.54. The molecule has 1 N–H and O–H groups in total. The summed E-state index contributed by atoms with van der Waals surface area (Å²) in [6, 6.07) is 8.38. The van der Waals surface area contributed by atoms with Crippen molar-refractivity contribution in [3.63, 3.8) is 0 Å². The standard InChI is InChI=1S/C17H12F3NO3/c18-12-3-1-2-11(8-12)4-7-17(23)24-10-16(22)21-13-5-6-14(19)15(20)9-13/h1-9H,10H2,(H,21,22)/b7-4+. The first-order valence-corrected chi connectivity index (χ1v) is 6.79. The lowest BCUT2D eigenvalue weighted by atomic mass is 10.2. The van der Waals surface area contributed by atoms with Gasteiger partial charge in [-0.15, -0.1) is 0 Å². The number of halogens is 3. The Kier molecular flexibility index (Phi) is 5.73. The summed E-state index contributed by atoms with van der Waals surface area (Å²) in [4.78, 5) is 23.0. The van der Waals surface area contributed by atoms with Crippen molar-refractivity contribution in [2.75, 3.05) is 11.9 Å². The largest absolute Gasteiger partial charge is 0.452 e. The number of nitrogens with one attached hydrogen (secondary N) is 1. The van der Waals surface area contributed by atoms with Gasteiger partial charge in [-0.25, -0.2) is 18.0 Å². The van der Waals surface area contributed by atoms with Crippen LogP contribution in [0.5, 0.6) is 0 Å². The van der Waals surface area contributed by atoms with Crippen molar-refractivity contribution in [2.24, 2.45) is 0 Å². The van der Waals surface area contributed by atoms with Gasteiger partial charge in [-0.1, -0.05) is 12.1 Å². The van der Waals surface area contributed by atoms with Gasteiger partial charge in [-0.2, -0.15) is 0 Å². The van der Waals surface area contributed by atoms with Crippen LogP contribution in [0.3, 0.4) is 0 Å². The Morgan fingerprint density at radius 2 is 1.83 bits per heavy atom. The van der Waals surface area contributed by atoms with Crippen molar-refractivity contribution < 1.29 is 27.5 Å². The Morgan fingerprint density at radius 3 is 2.54 bits per heavy atom. The van der Waals surface area contributed by atoms with Gasteiger partial charge in [0, 0.05) is 17.8 Å². The van der Waals surface area contributed by atoms with E-state index in [0.29, 0.717) is 5.56 Å². The van der Waals surface area contributed by atoms with Crippen molar-refractivity contribution in [3.05, 3.63) is 71.6 Å². The molecule has 0 unspecified atom stereocenters. The second-order valence-corrected chi connectivity index (χ2v) is 4.67. The molecule has 0 saturated heterocycles. The van der Waals surface area contributed by atoms with Crippen molar-refractivity contribution in [1.82, 2.24) is 0 Å². The maximum absolute atomic E-state index is 13.0. The minimum atomic E-state index is -1.11.